The first-order valence-corrected chi connectivity index (χ1v) is 9.11. The van der Waals surface area contributed by atoms with E-state index in [-0.39, 0.29) is 5.43 Å². The Labute approximate surface area is 159 Å². The summed E-state index contributed by atoms with van der Waals surface area (Å²) in [6, 6.07) is 9.00. The minimum Gasteiger partial charge on any atom is -0.493 e. The molecule has 0 bridgehead atoms. The highest BCUT2D eigenvalue weighted by molar-refractivity contribution is 6.00. The van der Waals surface area contributed by atoms with Gasteiger partial charge in [0.15, 0.2) is 16.9 Å². The molecule has 1 aliphatic rings. The summed E-state index contributed by atoms with van der Waals surface area (Å²) < 4.78 is 13.4. The molecule has 0 spiro atoms. The molecule has 0 radical (unpaired) electrons. The van der Waals surface area contributed by atoms with E-state index in [4.69, 9.17) is 14.3 Å². The van der Waals surface area contributed by atoms with Crippen LogP contribution in [-0.4, -0.2) is 31.1 Å². The Kier molecular flexibility index (Phi) is 5.84. The second-order valence-electron chi connectivity index (χ2n) is 6.90. The maximum atomic E-state index is 11.7. The van der Waals surface area contributed by atoms with Gasteiger partial charge in [-0.25, -0.2) is 0 Å². The molecule has 1 saturated carbocycles. The fourth-order valence-corrected chi connectivity index (χ4v) is 3.03. The van der Waals surface area contributed by atoms with E-state index >= 15 is 0 Å². The van der Waals surface area contributed by atoms with E-state index in [9.17, 15) is 4.79 Å². The average Bonchev–Trinajstić information content (AvgIpc) is 3.46. The van der Waals surface area contributed by atoms with Crippen molar-refractivity contribution in [1.82, 2.24) is 4.57 Å². The van der Waals surface area contributed by atoms with Crippen LogP contribution in [0.2, 0.25) is 0 Å². The fraction of sp³-hybridized carbons (Fsp3) is 0.429. The van der Waals surface area contributed by atoms with Crippen molar-refractivity contribution in [3.05, 3.63) is 57.5 Å². The summed E-state index contributed by atoms with van der Waals surface area (Å²) in [6.45, 7) is 5.02. The van der Waals surface area contributed by atoms with Crippen molar-refractivity contribution in [2.45, 2.75) is 33.2 Å². The molecule has 1 aromatic heterocycles. The Morgan fingerprint density at radius 1 is 1.11 bits per heavy atom. The van der Waals surface area contributed by atoms with Crippen LogP contribution in [0.1, 0.15) is 29.8 Å². The molecule has 144 valence electrons. The Hall–Kier alpha value is -2.76. The number of nitrogens with zero attached hydrogens (tertiary/aromatic N) is 2. The minimum absolute atomic E-state index is 0.00619. The third-order valence-electron chi connectivity index (χ3n) is 4.73. The molecule has 2 aromatic rings. The zero-order valence-corrected chi connectivity index (χ0v) is 16.3. The number of hydrogen-bond acceptors (Lipinski definition) is 5. The van der Waals surface area contributed by atoms with E-state index in [1.807, 2.05) is 36.6 Å². The SMILES string of the molecule is CO/N=C(/Cn1c(C)cc(=O)cc1C)c1ccc(OC)c(OCC2CC2)c1. The Morgan fingerprint density at radius 2 is 1.81 bits per heavy atom. The van der Waals surface area contributed by atoms with Crippen molar-refractivity contribution >= 4 is 5.71 Å². The van der Waals surface area contributed by atoms with E-state index in [0.717, 1.165) is 22.7 Å². The van der Waals surface area contributed by atoms with Crippen LogP contribution in [0, 0.1) is 19.8 Å². The second kappa shape index (κ2) is 8.29. The van der Waals surface area contributed by atoms with Gasteiger partial charge in [-0.15, -0.1) is 0 Å². The lowest BCUT2D eigenvalue weighted by Gasteiger charge is -2.17. The zero-order chi connectivity index (χ0) is 19.4. The molecule has 1 heterocycles. The van der Waals surface area contributed by atoms with Crippen molar-refractivity contribution in [2.24, 2.45) is 11.1 Å². The van der Waals surface area contributed by atoms with Crippen LogP contribution >= 0.6 is 0 Å². The van der Waals surface area contributed by atoms with E-state index in [1.54, 1.807) is 19.2 Å². The molecular weight excluding hydrogens is 344 g/mol. The zero-order valence-electron chi connectivity index (χ0n) is 16.3. The molecule has 1 aromatic carbocycles. The molecule has 27 heavy (non-hydrogen) atoms. The van der Waals surface area contributed by atoms with E-state index in [1.165, 1.54) is 20.0 Å². The van der Waals surface area contributed by atoms with E-state index < -0.39 is 0 Å². The van der Waals surface area contributed by atoms with Gasteiger partial charge in [-0.05, 0) is 50.8 Å². The molecule has 0 aliphatic heterocycles. The molecule has 1 aliphatic carbocycles. The number of hydrogen-bond donors (Lipinski definition) is 0. The number of pyridine rings is 1. The first kappa shape index (κ1) is 19.0. The summed E-state index contributed by atoms with van der Waals surface area (Å²) in [6.07, 6.45) is 2.45. The van der Waals surface area contributed by atoms with Gasteiger partial charge in [0.05, 0.1) is 20.3 Å². The third kappa shape index (κ3) is 4.70. The largest absolute Gasteiger partial charge is 0.493 e. The van der Waals surface area contributed by atoms with Gasteiger partial charge in [0, 0.05) is 29.1 Å². The summed E-state index contributed by atoms with van der Waals surface area (Å²) in [7, 11) is 3.16. The molecule has 3 rings (SSSR count). The predicted molar refractivity (Wildman–Crippen MR) is 105 cm³/mol. The number of oxime groups is 1. The summed E-state index contributed by atoms with van der Waals surface area (Å²) in [4.78, 5) is 16.8. The van der Waals surface area contributed by atoms with Gasteiger partial charge >= 0.3 is 0 Å². The molecule has 0 saturated heterocycles. The average molecular weight is 370 g/mol. The van der Waals surface area contributed by atoms with Gasteiger partial charge < -0.3 is 18.9 Å². The lowest BCUT2D eigenvalue weighted by molar-refractivity contribution is 0.212. The number of methoxy groups -OCH3 is 1. The fourth-order valence-electron chi connectivity index (χ4n) is 3.03. The van der Waals surface area contributed by atoms with Crippen LogP contribution in [0.3, 0.4) is 0 Å². The predicted octanol–water partition coefficient (Wildman–Crippen LogP) is 3.31. The van der Waals surface area contributed by atoms with Gasteiger partial charge in [0.1, 0.15) is 12.8 Å². The van der Waals surface area contributed by atoms with Gasteiger partial charge in [0.2, 0.25) is 0 Å². The molecule has 0 unspecified atom stereocenters. The van der Waals surface area contributed by atoms with Crippen molar-refractivity contribution in [1.29, 1.82) is 0 Å². The molecule has 6 heteroatoms. The lowest BCUT2D eigenvalue weighted by atomic mass is 10.1. The van der Waals surface area contributed by atoms with Crippen LogP contribution in [0.5, 0.6) is 11.5 Å². The smallest absolute Gasteiger partial charge is 0.182 e. The van der Waals surface area contributed by atoms with Crippen molar-refractivity contribution in [3.63, 3.8) is 0 Å². The van der Waals surface area contributed by atoms with Crippen LogP contribution in [0.25, 0.3) is 0 Å². The second-order valence-corrected chi connectivity index (χ2v) is 6.90. The molecule has 0 N–H and O–H groups in total. The maximum Gasteiger partial charge on any atom is 0.182 e. The number of aryl methyl sites for hydroxylation is 2. The van der Waals surface area contributed by atoms with Gasteiger partial charge in [-0.1, -0.05) is 5.16 Å². The van der Waals surface area contributed by atoms with Crippen molar-refractivity contribution < 1.29 is 14.3 Å². The van der Waals surface area contributed by atoms with Crippen molar-refractivity contribution in [2.75, 3.05) is 20.8 Å². The number of rotatable bonds is 8. The molecule has 6 nitrogen and oxygen atoms in total. The van der Waals surface area contributed by atoms with Crippen LogP contribution in [-0.2, 0) is 11.4 Å². The van der Waals surface area contributed by atoms with Gasteiger partial charge in [-0.3, -0.25) is 4.79 Å². The Balaban J connectivity index is 1.91. The third-order valence-corrected chi connectivity index (χ3v) is 4.73. The quantitative estimate of drug-likeness (QED) is 0.528. The number of benzene rings is 1. The summed E-state index contributed by atoms with van der Waals surface area (Å²) in [5.41, 5.74) is 3.39. The molecule has 1 fully saturated rings. The standard InChI is InChI=1S/C21H26N2O4/c1-14-9-18(24)10-15(2)23(14)12-19(22-26-4)17-7-8-20(25-3)21(11-17)27-13-16-5-6-16/h7-11,16H,5-6,12-13H2,1-4H3/b22-19-. The summed E-state index contributed by atoms with van der Waals surface area (Å²) in [5, 5.41) is 4.22. The first-order chi connectivity index (χ1) is 13.0. The van der Waals surface area contributed by atoms with Gasteiger partial charge in [-0.2, -0.15) is 0 Å². The number of ether oxygens (including phenoxy) is 2. The van der Waals surface area contributed by atoms with Crippen LogP contribution in [0.4, 0.5) is 0 Å². The Morgan fingerprint density at radius 3 is 2.41 bits per heavy atom. The highest BCUT2D eigenvalue weighted by atomic mass is 16.6. The Bertz CT molecular complexity index is 871. The molecule has 0 atom stereocenters. The monoisotopic (exact) mass is 370 g/mol. The highest BCUT2D eigenvalue weighted by Crippen LogP contribution is 2.33. The first-order valence-electron chi connectivity index (χ1n) is 9.11. The molecular formula is C21H26N2O4. The van der Waals surface area contributed by atoms with Crippen molar-refractivity contribution in [3.8, 4) is 11.5 Å². The minimum atomic E-state index is 0.00619. The van der Waals surface area contributed by atoms with Crippen LogP contribution < -0.4 is 14.9 Å². The van der Waals surface area contributed by atoms with Crippen LogP contribution in [0.15, 0.2) is 40.3 Å². The normalized spacial score (nSPS) is 14.1. The highest BCUT2D eigenvalue weighted by Gasteiger charge is 2.23. The number of aromatic nitrogens is 1. The van der Waals surface area contributed by atoms with E-state index in [0.29, 0.717) is 30.6 Å². The lowest BCUT2D eigenvalue weighted by Crippen LogP contribution is -2.19. The summed E-state index contributed by atoms with van der Waals surface area (Å²) in [5.74, 6) is 2.06. The maximum absolute atomic E-state index is 11.7. The van der Waals surface area contributed by atoms with Gasteiger partial charge in [0.25, 0.3) is 0 Å². The van der Waals surface area contributed by atoms with E-state index in [2.05, 4.69) is 5.16 Å². The molecule has 0 amide bonds. The topological polar surface area (TPSA) is 62.1 Å². The summed E-state index contributed by atoms with van der Waals surface area (Å²) >= 11 is 0.